The van der Waals surface area contributed by atoms with Gasteiger partial charge >= 0.3 is 24.2 Å². The molecule has 0 heterocycles. The Hall–Kier alpha value is -3.34. The molecule has 4 atom stereocenters. The lowest BCUT2D eigenvalue weighted by Gasteiger charge is -2.26. The molecule has 11 nitrogen and oxygen atoms in total. The molecule has 0 saturated carbocycles. The largest absolute Gasteiger partial charge is 0.513 e. The number of nitrogens with two attached hydrogens (primary N) is 1. The lowest BCUT2D eigenvalue weighted by molar-refractivity contribution is -0.154. The zero-order valence-corrected chi connectivity index (χ0v) is 20.9. The Labute approximate surface area is 204 Å². The molecule has 0 aromatic heterocycles. The van der Waals surface area contributed by atoms with Gasteiger partial charge in [-0.25, -0.2) is 9.59 Å². The lowest BCUT2D eigenvalue weighted by Crippen LogP contribution is -2.38. The number of ether oxygens (including phenoxy) is 5. The number of hydrogen-bond donors (Lipinski definition) is 2. The Balaban J connectivity index is 3.30. The highest BCUT2D eigenvalue weighted by atomic mass is 16.7. The number of benzene rings is 1. The van der Waals surface area contributed by atoms with E-state index in [4.69, 9.17) is 29.4 Å². The summed E-state index contributed by atoms with van der Waals surface area (Å²) in [4.78, 5) is 47.8. The summed E-state index contributed by atoms with van der Waals surface area (Å²) in [6.07, 6.45) is -2.67. The van der Waals surface area contributed by atoms with Crippen LogP contribution in [0.25, 0.3) is 0 Å². The van der Waals surface area contributed by atoms with E-state index in [1.165, 1.54) is 18.2 Å². The molecule has 11 heteroatoms. The maximum absolute atomic E-state index is 12.4. The molecule has 0 radical (unpaired) electrons. The smallest absolute Gasteiger partial charge is 0.480 e. The molecule has 1 rings (SSSR count). The third kappa shape index (κ3) is 9.44. The van der Waals surface area contributed by atoms with Crippen LogP contribution in [-0.4, -0.2) is 54.7 Å². The first kappa shape index (κ1) is 29.7. The minimum atomic E-state index is -1.37. The molecule has 0 saturated heterocycles. The summed E-state index contributed by atoms with van der Waals surface area (Å²) in [7, 11) is 0. The fraction of sp³-hybridized carbons (Fsp3) is 0.583. The van der Waals surface area contributed by atoms with E-state index in [2.05, 4.69) is 0 Å². The number of aliphatic carboxylic acids is 1. The van der Waals surface area contributed by atoms with Crippen molar-refractivity contribution in [2.24, 2.45) is 17.6 Å². The van der Waals surface area contributed by atoms with Gasteiger partial charge in [-0.2, -0.15) is 0 Å². The fourth-order valence-corrected chi connectivity index (χ4v) is 3.04. The molecule has 1 aromatic rings. The summed E-state index contributed by atoms with van der Waals surface area (Å²) in [6, 6.07) is 2.75. The van der Waals surface area contributed by atoms with Gasteiger partial charge in [0.15, 0.2) is 11.5 Å². The molecule has 0 amide bonds. The topological polar surface area (TPSA) is 161 Å². The van der Waals surface area contributed by atoms with Gasteiger partial charge in [-0.3, -0.25) is 9.59 Å². The van der Waals surface area contributed by atoms with Crippen LogP contribution in [0.15, 0.2) is 18.2 Å². The molecule has 35 heavy (non-hydrogen) atoms. The Bertz CT molecular complexity index is 885. The molecule has 196 valence electrons. The zero-order chi connectivity index (χ0) is 26.7. The predicted octanol–water partition coefficient (Wildman–Crippen LogP) is 3.87. The first-order chi connectivity index (χ1) is 16.4. The van der Waals surface area contributed by atoms with Gasteiger partial charge in [0.2, 0.25) is 0 Å². The van der Waals surface area contributed by atoms with E-state index in [1.54, 1.807) is 27.7 Å². The minimum absolute atomic E-state index is 0.0385. The number of rotatable bonds is 12. The van der Waals surface area contributed by atoms with Gasteiger partial charge in [-0.15, -0.1) is 0 Å². The fourth-order valence-electron chi connectivity index (χ4n) is 3.04. The average molecular weight is 498 g/mol. The van der Waals surface area contributed by atoms with Crippen LogP contribution in [-0.2, 0) is 23.8 Å². The third-order valence-corrected chi connectivity index (χ3v) is 5.30. The Kier molecular flexibility index (Phi) is 12.0. The van der Waals surface area contributed by atoms with Crippen LogP contribution < -0.4 is 15.2 Å². The van der Waals surface area contributed by atoms with Crippen LogP contribution in [0.3, 0.4) is 0 Å². The number of carboxylic acids is 1. The molecule has 3 N–H and O–H groups in total. The van der Waals surface area contributed by atoms with Crippen LogP contribution in [0.5, 0.6) is 11.5 Å². The summed E-state index contributed by atoms with van der Waals surface area (Å²) in [5, 5.41) is 9.56. The van der Waals surface area contributed by atoms with Gasteiger partial charge in [0.05, 0.1) is 25.2 Å². The van der Waals surface area contributed by atoms with Gasteiger partial charge in [0.25, 0.3) is 0 Å². The van der Waals surface area contributed by atoms with Crippen molar-refractivity contribution in [2.75, 3.05) is 13.2 Å². The highest BCUT2D eigenvalue weighted by Crippen LogP contribution is 2.35. The molecule has 0 fully saturated rings. The lowest BCUT2D eigenvalue weighted by atomic mass is 9.87. The van der Waals surface area contributed by atoms with Gasteiger partial charge in [0.1, 0.15) is 6.04 Å². The monoisotopic (exact) mass is 497 g/mol. The standard InChI is InChI=1S/C24H35NO10/c1-7-31-23(29)34-18-10-9-16(12-19(18)35-24(30)32-8-2)17(20(25)21(26)27)11-14(5)33-22(28)15(6)13(3)4/h9-10,12-15,17,20H,7-8,11,25H2,1-6H3,(H,26,27)/t14?,15?,17?,20-/m0/s1. The van der Waals surface area contributed by atoms with E-state index in [-0.39, 0.29) is 43.0 Å². The van der Waals surface area contributed by atoms with Crippen molar-refractivity contribution in [3.05, 3.63) is 23.8 Å². The molecule has 0 bridgehead atoms. The normalized spacial score (nSPS) is 14.3. The van der Waals surface area contributed by atoms with Gasteiger partial charge in [0, 0.05) is 5.92 Å². The summed E-state index contributed by atoms with van der Waals surface area (Å²) >= 11 is 0. The van der Waals surface area contributed by atoms with Crippen molar-refractivity contribution in [1.82, 2.24) is 0 Å². The molecule has 0 aliphatic heterocycles. The summed E-state index contributed by atoms with van der Waals surface area (Å²) in [5.74, 6) is -3.13. The van der Waals surface area contributed by atoms with Crippen molar-refractivity contribution < 1.29 is 48.0 Å². The molecular weight excluding hydrogens is 462 g/mol. The maximum Gasteiger partial charge on any atom is 0.513 e. The molecule has 0 aliphatic carbocycles. The first-order valence-corrected chi connectivity index (χ1v) is 11.4. The van der Waals surface area contributed by atoms with E-state index in [1.807, 2.05) is 13.8 Å². The van der Waals surface area contributed by atoms with E-state index in [9.17, 15) is 24.3 Å². The van der Waals surface area contributed by atoms with Gasteiger partial charge in [-0.1, -0.05) is 26.8 Å². The van der Waals surface area contributed by atoms with Crippen molar-refractivity contribution in [2.45, 2.75) is 66.0 Å². The number of carbonyl (C=O) groups is 4. The zero-order valence-electron chi connectivity index (χ0n) is 20.9. The van der Waals surface area contributed by atoms with Gasteiger partial charge < -0.3 is 34.5 Å². The highest BCUT2D eigenvalue weighted by molar-refractivity contribution is 5.75. The number of carboxylic acid groups (broad SMARTS) is 1. The Morgan fingerprint density at radius 1 is 0.914 bits per heavy atom. The molecule has 1 aromatic carbocycles. The third-order valence-electron chi connectivity index (χ3n) is 5.30. The van der Waals surface area contributed by atoms with Crippen LogP contribution in [0.4, 0.5) is 9.59 Å². The Morgan fingerprint density at radius 3 is 1.94 bits per heavy atom. The maximum atomic E-state index is 12.4. The van der Waals surface area contributed by atoms with E-state index < -0.39 is 42.3 Å². The summed E-state index contributed by atoms with van der Waals surface area (Å²) < 4.78 is 25.3. The molecule has 0 spiro atoms. The van der Waals surface area contributed by atoms with E-state index in [0.717, 1.165) is 0 Å². The van der Waals surface area contributed by atoms with Gasteiger partial charge in [-0.05, 0) is 50.8 Å². The van der Waals surface area contributed by atoms with Crippen molar-refractivity contribution in [1.29, 1.82) is 0 Å². The van der Waals surface area contributed by atoms with Crippen LogP contribution >= 0.6 is 0 Å². The van der Waals surface area contributed by atoms with E-state index in [0.29, 0.717) is 5.56 Å². The second-order valence-corrected chi connectivity index (χ2v) is 8.26. The minimum Gasteiger partial charge on any atom is -0.480 e. The molecule has 0 aliphatic rings. The van der Waals surface area contributed by atoms with Crippen LogP contribution in [0.2, 0.25) is 0 Å². The molecule has 3 unspecified atom stereocenters. The van der Waals surface area contributed by atoms with Crippen molar-refractivity contribution in [3.8, 4) is 11.5 Å². The van der Waals surface area contributed by atoms with Crippen LogP contribution in [0, 0.1) is 11.8 Å². The summed E-state index contributed by atoms with van der Waals surface area (Å²) in [6.45, 7) is 10.5. The van der Waals surface area contributed by atoms with Crippen molar-refractivity contribution >= 4 is 24.2 Å². The Morgan fingerprint density at radius 2 is 1.46 bits per heavy atom. The van der Waals surface area contributed by atoms with Crippen LogP contribution in [0.1, 0.15) is 59.4 Å². The number of hydrogen-bond acceptors (Lipinski definition) is 10. The molecular formula is C24H35NO10. The second kappa shape index (κ2) is 14.1. The van der Waals surface area contributed by atoms with E-state index >= 15 is 0 Å². The van der Waals surface area contributed by atoms with Crippen molar-refractivity contribution in [3.63, 3.8) is 0 Å². The SMILES string of the molecule is CCOC(=O)Oc1ccc(C(CC(C)OC(=O)C(C)C(C)C)[C@H](N)C(=O)O)cc1OC(=O)OCC. The number of esters is 1. The number of carbonyl (C=O) groups excluding carboxylic acids is 3. The average Bonchev–Trinajstić information content (AvgIpc) is 2.77. The second-order valence-electron chi connectivity index (χ2n) is 8.26. The summed E-state index contributed by atoms with van der Waals surface area (Å²) in [5.41, 5.74) is 6.32. The highest BCUT2D eigenvalue weighted by Gasteiger charge is 2.31. The first-order valence-electron chi connectivity index (χ1n) is 11.4. The quantitative estimate of drug-likeness (QED) is 0.245. The predicted molar refractivity (Wildman–Crippen MR) is 124 cm³/mol.